The second kappa shape index (κ2) is 11.8. The first-order valence-electron chi connectivity index (χ1n) is 17.8. The lowest BCUT2D eigenvalue weighted by molar-refractivity contribution is 0.0998. The van der Waals surface area contributed by atoms with Crippen LogP contribution in [0.4, 0.5) is 0 Å². The van der Waals surface area contributed by atoms with Gasteiger partial charge in [0.2, 0.25) is 0 Å². The van der Waals surface area contributed by atoms with Gasteiger partial charge in [0.25, 0.3) is 0 Å². The van der Waals surface area contributed by atoms with Gasteiger partial charge in [-0.05, 0) is 96.3 Å². The first-order chi connectivity index (χ1) is 25.2. The van der Waals surface area contributed by atoms with Crippen LogP contribution in [-0.2, 0) is 11.2 Å². The van der Waals surface area contributed by atoms with Crippen molar-refractivity contribution in [1.29, 1.82) is 0 Å². The largest absolute Gasteiger partial charge is 0.456 e. The van der Waals surface area contributed by atoms with Gasteiger partial charge in [0, 0.05) is 50.8 Å². The molecule has 0 fully saturated rings. The highest BCUT2D eigenvalue weighted by Gasteiger charge is 2.18. The minimum absolute atomic E-state index is 0.194. The topological polar surface area (TPSA) is 32.2 Å². The van der Waals surface area contributed by atoms with Crippen molar-refractivity contribution in [3.05, 3.63) is 157 Å². The van der Waals surface area contributed by atoms with E-state index >= 15 is 0 Å². The van der Waals surface area contributed by atoms with Crippen LogP contribution in [0.5, 0.6) is 0 Å². The number of para-hydroxylation sites is 4. The molecule has 4 nitrogen and oxygen atoms in total. The Kier molecular flexibility index (Phi) is 6.87. The number of hydrogen-bond donors (Lipinski definition) is 0. The number of aromatic nitrogens is 2. The standard InChI is InChI=1S/C47H36N2O2/c1-3-35(50-2)24-30-20-22-46-40(25-30)41-28-31(21-23-47(41)51-46)32-26-33(48-42-16-8-4-12-36(42)37-13-5-9-17-43(37)48)29-34(27-32)49-44-18-10-6-14-38(44)39-15-7-11-19-45(39)49/h4-23,25-29,35H,3,24H2,1-2H3. The second-order valence-corrected chi connectivity index (χ2v) is 13.6. The average Bonchev–Trinajstić information content (AvgIpc) is 3.84. The van der Waals surface area contributed by atoms with Crippen LogP contribution in [0.3, 0.4) is 0 Å². The van der Waals surface area contributed by atoms with Crippen molar-refractivity contribution >= 4 is 65.6 Å². The molecule has 3 heterocycles. The van der Waals surface area contributed by atoms with Crippen molar-refractivity contribution < 1.29 is 9.15 Å². The summed E-state index contributed by atoms with van der Waals surface area (Å²) < 4.78 is 16.9. The first-order valence-corrected chi connectivity index (χ1v) is 17.8. The van der Waals surface area contributed by atoms with Gasteiger partial charge in [0.1, 0.15) is 11.2 Å². The quantitative estimate of drug-likeness (QED) is 0.170. The van der Waals surface area contributed by atoms with Crippen molar-refractivity contribution in [3.63, 3.8) is 0 Å². The predicted octanol–water partition coefficient (Wildman–Crippen LogP) is 12.4. The number of nitrogens with zero attached hydrogens (tertiary/aromatic N) is 2. The van der Waals surface area contributed by atoms with E-state index in [2.05, 4.69) is 168 Å². The number of hydrogen-bond acceptors (Lipinski definition) is 2. The number of ether oxygens (including phenoxy) is 1. The SMILES string of the molecule is CCC(Cc1ccc2oc3ccc(-c4cc(-n5c6ccccc6c6ccccc65)cc(-n5c6ccccc6c6ccccc65)c4)cc3c2c1)OC. The smallest absolute Gasteiger partial charge is 0.135 e. The third-order valence-corrected chi connectivity index (χ3v) is 10.7. The van der Waals surface area contributed by atoms with Gasteiger partial charge in [-0.15, -0.1) is 0 Å². The van der Waals surface area contributed by atoms with E-state index in [1.807, 2.05) is 0 Å². The van der Waals surface area contributed by atoms with Gasteiger partial charge in [-0.3, -0.25) is 0 Å². The summed E-state index contributed by atoms with van der Waals surface area (Å²) in [4.78, 5) is 0. The number of benzene rings is 7. The lowest BCUT2D eigenvalue weighted by Crippen LogP contribution is -2.12. The van der Waals surface area contributed by atoms with Crippen LogP contribution in [0.25, 0.3) is 88.1 Å². The summed E-state index contributed by atoms with van der Waals surface area (Å²) in [7, 11) is 1.80. The van der Waals surface area contributed by atoms with Crippen molar-refractivity contribution in [2.24, 2.45) is 0 Å². The fourth-order valence-corrected chi connectivity index (χ4v) is 8.21. The summed E-state index contributed by atoms with van der Waals surface area (Å²) in [5.74, 6) is 0. The molecule has 0 radical (unpaired) electrons. The van der Waals surface area contributed by atoms with E-state index in [1.165, 1.54) is 49.2 Å². The lowest BCUT2D eigenvalue weighted by atomic mass is 9.99. The molecule has 7 aromatic carbocycles. The summed E-state index contributed by atoms with van der Waals surface area (Å²) in [6.45, 7) is 2.17. The van der Waals surface area contributed by atoms with E-state index in [4.69, 9.17) is 9.15 Å². The molecule has 3 aromatic heterocycles. The minimum atomic E-state index is 0.194. The van der Waals surface area contributed by atoms with Crippen molar-refractivity contribution in [3.8, 4) is 22.5 Å². The molecule has 10 rings (SSSR count). The molecule has 0 spiro atoms. The Bertz CT molecular complexity index is 2700. The van der Waals surface area contributed by atoms with Crippen LogP contribution in [0.1, 0.15) is 18.9 Å². The molecule has 0 aliphatic rings. The van der Waals surface area contributed by atoms with E-state index in [1.54, 1.807) is 7.11 Å². The molecule has 0 bridgehead atoms. The third kappa shape index (κ3) is 4.71. The second-order valence-electron chi connectivity index (χ2n) is 13.6. The molecule has 0 saturated carbocycles. The van der Waals surface area contributed by atoms with Gasteiger partial charge in [-0.1, -0.05) is 91.9 Å². The molecule has 0 saturated heterocycles. The van der Waals surface area contributed by atoms with Crippen LogP contribution >= 0.6 is 0 Å². The van der Waals surface area contributed by atoms with Crippen LogP contribution in [0.2, 0.25) is 0 Å². The van der Waals surface area contributed by atoms with Crippen LogP contribution in [0, 0.1) is 0 Å². The maximum absolute atomic E-state index is 6.37. The number of fused-ring (bicyclic) bond motifs is 9. The van der Waals surface area contributed by atoms with Crippen molar-refractivity contribution in [2.45, 2.75) is 25.9 Å². The molecule has 0 aliphatic heterocycles. The van der Waals surface area contributed by atoms with Gasteiger partial charge >= 0.3 is 0 Å². The predicted molar refractivity (Wildman–Crippen MR) is 213 cm³/mol. The Hall–Kier alpha value is -6.10. The molecule has 1 unspecified atom stereocenters. The van der Waals surface area contributed by atoms with Gasteiger partial charge in [-0.2, -0.15) is 0 Å². The Labute approximate surface area is 295 Å². The zero-order valence-electron chi connectivity index (χ0n) is 28.6. The third-order valence-electron chi connectivity index (χ3n) is 10.7. The van der Waals surface area contributed by atoms with E-state index in [0.29, 0.717) is 0 Å². The van der Waals surface area contributed by atoms with Gasteiger partial charge < -0.3 is 18.3 Å². The molecule has 0 N–H and O–H groups in total. The van der Waals surface area contributed by atoms with Gasteiger partial charge in [0.05, 0.1) is 28.2 Å². The molecule has 10 aromatic rings. The monoisotopic (exact) mass is 660 g/mol. The Morgan fingerprint density at radius 2 is 0.961 bits per heavy atom. The van der Waals surface area contributed by atoms with E-state index < -0.39 is 0 Å². The van der Waals surface area contributed by atoms with Crippen LogP contribution in [-0.4, -0.2) is 22.3 Å². The molecular weight excluding hydrogens is 625 g/mol. The Balaban J connectivity index is 1.25. The minimum Gasteiger partial charge on any atom is -0.456 e. The summed E-state index contributed by atoms with van der Waals surface area (Å²) in [6, 6.07) is 55.1. The van der Waals surface area contributed by atoms with Gasteiger partial charge in [-0.25, -0.2) is 0 Å². The lowest BCUT2D eigenvalue weighted by Gasteiger charge is -2.16. The van der Waals surface area contributed by atoms with Crippen molar-refractivity contribution in [2.75, 3.05) is 7.11 Å². The maximum atomic E-state index is 6.37. The maximum Gasteiger partial charge on any atom is 0.135 e. The number of rotatable bonds is 7. The average molecular weight is 661 g/mol. The first kappa shape index (κ1) is 29.8. The molecule has 1 atom stereocenters. The summed E-state index contributed by atoms with van der Waals surface area (Å²) in [5.41, 5.74) is 12.3. The Morgan fingerprint density at radius 3 is 1.45 bits per heavy atom. The molecular formula is C47H36N2O2. The molecule has 0 aliphatic carbocycles. The molecule has 246 valence electrons. The fraction of sp³-hybridized carbons (Fsp3) is 0.106. The van der Waals surface area contributed by atoms with Gasteiger partial charge in [0.15, 0.2) is 0 Å². The highest BCUT2D eigenvalue weighted by molar-refractivity contribution is 6.11. The van der Waals surface area contributed by atoms with Crippen LogP contribution < -0.4 is 0 Å². The molecule has 51 heavy (non-hydrogen) atoms. The summed E-state index contributed by atoms with van der Waals surface area (Å²) in [6.07, 6.45) is 2.04. The van der Waals surface area contributed by atoms with E-state index in [-0.39, 0.29) is 6.10 Å². The molecule has 0 amide bonds. The number of furan rings is 1. The number of methoxy groups -OCH3 is 1. The summed E-state index contributed by atoms with van der Waals surface area (Å²) >= 11 is 0. The fourth-order valence-electron chi connectivity index (χ4n) is 8.21. The molecule has 4 heteroatoms. The van der Waals surface area contributed by atoms with Crippen LogP contribution in [0.15, 0.2) is 156 Å². The Morgan fingerprint density at radius 1 is 0.490 bits per heavy atom. The summed E-state index contributed by atoms with van der Waals surface area (Å²) in [5, 5.41) is 7.25. The highest BCUT2D eigenvalue weighted by Crippen LogP contribution is 2.39. The zero-order valence-corrected chi connectivity index (χ0v) is 28.6. The van der Waals surface area contributed by atoms with E-state index in [9.17, 15) is 0 Å². The highest BCUT2D eigenvalue weighted by atomic mass is 16.5. The zero-order chi connectivity index (χ0) is 34.1. The van der Waals surface area contributed by atoms with Crippen molar-refractivity contribution in [1.82, 2.24) is 9.13 Å². The van der Waals surface area contributed by atoms with E-state index in [0.717, 1.165) is 57.3 Å². The normalized spacial score (nSPS) is 12.7.